The van der Waals surface area contributed by atoms with Crippen LogP contribution in [0.1, 0.15) is 27.1 Å². The Morgan fingerprint density at radius 2 is 1.76 bits per heavy atom. The van der Waals surface area contributed by atoms with Gasteiger partial charge in [0.2, 0.25) is 0 Å². The molecule has 0 aliphatic carbocycles. The molecule has 0 radical (unpaired) electrons. The average Bonchev–Trinajstić information content (AvgIpc) is 2.85. The summed E-state index contributed by atoms with van der Waals surface area (Å²) >= 11 is 9.45. The van der Waals surface area contributed by atoms with E-state index in [0.29, 0.717) is 34.7 Å². The van der Waals surface area contributed by atoms with E-state index in [2.05, 4.69) is 26.8 Å². The standard InChI is InChI=1S/C17H14BrClN2O4/c18-12-5-2-1-4-11(12)17(23)21-20-16(22)10-8-13(19)15-14(9-10)24-6-3-7-25-15/h1-2,4-5,8-9H,3,6-7H2,(H,20,22)(H,21,23). The highest BCUT2D eigenvalue weighted by atomic mass is 79.9. The number of nitrogens with one attached hydrogen (secondary N) is 2. The predicted molar refractivity (Wildman–Crippen MR) is 96.1 cm³/mol. The maximum Gasteiger partial charge on any atom is 0.270 e. The van der Waals surface area contributed by atoms with E-state index in [-0.39, 0.29) is 10.6 Å². The van der Waals surface area contributed by atoms with E-state index >= 15 is 0 Å². The molecule has 0 saturated heterocycles. The Morgan fingerprint density at radius 3 is 2.56 bits per heavy atom. The molecule has 2 aromatic carbocycles. The monoisotopic (exact) mass is 424 g/mol. The fourth-order valence-corrected chi connectivity index (χ4v) is 2.99. The number of ether oxygens (including phenoxy) is 2. The number of benzene rings is 2. The number of carbonyl (C=O) groups excluding carboxylic acids is 2. The second kappa shape index (κ2) is 7.76. The lowest BCUT2D eigenvalue weighted by molar-refractivity contribution is 0.0846. The van der Waals surface area contributed by atoms with Gasteiger partial charge in [0.25, 0.3) is 11.8 Å². The second-order valence-electron chi connectivity index (χ2n) is 5.22. The van der Waals surface area contributed by atoms with Crippen LogP contribution >= 0.6 is 27.5 Å². The zero-order valence-corrected chi connectivity index (χ0v) is 15.3. The van der Waals surface area contributed by atoms with Crippen molar-refractivity contribution in [1.29, 1.82) is 0 Å². The van der Waals surface area contributed by atoms with Crippen molar-refractivity contribution in [2.45, 2.75) is 6.42 Å². The Kier molecular flexibility index (Phi) is 5.45. The van der Waals surface area contributed by atoms with Gasteiger partial charge >= 0.3 is 0 Å². The fourth-order valence-electron chi connectivity index (χ4n) is 2.26. The van der Waals surface area contributed by atoms with Crippen LogP contribution in [0.5, 0.6) is 11.5 Å². The topological polar surface area (TPSA) is 76.7 Å². The van der Waals surface area contributed by atoms with Crippen LogP contribution in [-0.2, 0) is 0 Å². The van der Waals surface area contributed by atoms with Gasteiger partial charge < -0.3 is 9.47 Å². The number of hydrogen-bond donors (Lipinski definition) is 2. The number of fused-ring (bicyclic) bond motifs is 1. The van der Waals surface area contributed by atoms with E-state index in [1.54, 1.807) is 24.3 Å². The summed E-state index contributed by atoms with van der Waals surface area (Å²) in [6, 6.07) is 9.89. The molecule has 0 saturated carbocycles. The van der Waals surface area contributed by atoms with Crippen molar-refractivity contribution < 1.29 is 19.1 Å². The van der Waals surface area contributed by atoms with E-state index in [1.165, 1.54) is 12.1 Å². The zero-order chi connectivity index (χ0) is 17.8. The summed E-state index contributed by atoms with van der Waals surface area (Å²) in [5.41, 5.74) is 5.38. The first-order valence-corrected chi connectivity index (χ1v) is 8.67. The van der Waals surface area contributed by atoms with Crippen molar-refractivity contribution in [1.82, 2.24) is 10.9 Å². The predicted octanol–water partition coefficient (Wildman–Crippen LogP) is 3.34. The molecule has 0 spiro atoms. The van der Waals surface area contributed by atoms with Gasteiger partial charge in [-0.25, -0.2) is 0 Å². The van der Waals surface area contributed by atoms with Crippen LogP contribution in [0.3, 0.4) is 0 Å². The quantitative estimate of drug-likeness (QED) is 0.724. The Labute approximate surface area is 157 Å². The van der Waals surface area contributed by atoms with Gasteiger partial charge in [-0.15, -0.1) is 0 Å². The molecule has 2 N–H and O–H groups in total. The van der Waals surface area contributed by atoms with E-state index < -0.39 is 11.8 Å². The van der Waals surface area contributed by atoms with Gasteiger partial charge in [0.1, 0.15) is 0 Å². The van der Waals surface area contributed by atoms with E-state index in [9.17, 15) is 9.59 Å². The van der Waals surface area contributed by atoms with Crippen LogP contribution in [0.25, 0.3) is 0 Å². The summed E-state index contributed by atoms with van der Waals surface area (Å²) in [6.07, 6.45) is 0.731. The smallest absolute Gasteiger partial charge is 0.270 e. The third kappa shape index (κ3) is 4.05. The summed E-state index contributed by atoms with van der Waals surface area (Å²) in [6.45, 7) is 0.980. The number of halogens is 2. The molecule has 1 aliphatic heterocycles. The van der Waals surface area contributed by atoms with Crippen LogP contribution in [0.4, 0.5) is 0 Å². The Bertz CT molecular complexity index is 828. The maximum atomic E-state index is 12.3. The van der Waals surface area contributed by atoms with Gasteiger partial charge in [0, 0.05) is 16.5 Å². The summed E-state index contributed by atoms with van der Waals surface area (Å²) in [5.74, 6) is -0.125. The molecule has 130 valence electrons. The second-order valence-corrected chi connectivity index (χ2v) is 6.49. The first kappa shape index (κ1) is 17.6. The van der Waals surface area contributed by atoms with Crippen LogP contribution < -0.4 is 20.3 Å². The van der Waals surface area contributed by atoms with E-state index in [1.807, 2.05) is 0 Å². The molecule has 3 rings (SSSR count). The molecule has 0 aromatic heterocycles. The highest BCUT2D eigenvalue weighted by molar-refractivity contribution is 9.10. The van der Waals surface area contributed by atoms with Crippen molar-refractivity contribution in [3.05, 3.63) is 57.0 Å². The van der Waals surface area contributed by atoms with Gasteiger partial charge in [-0.1, -0.05) is 23.7 Å². The molecule has 8 heteroatoms. The first-order valence-electron chi connectivity index (χ1n) is 7.50. The molecule has 25 heavy (non-hydrogen) atoms. The van der Waals surface area contributed by atoms with Gasteiger partial charge in [-0.05, 0) is 40.2 Å². The normalized spacial score (nSPS) is 12.9. The van der Waals surface area contributed by atoms with Crippen LogP contribution in [0, 0.1) is 0 Å². The lowest BCUT2D eigenvalue weighted by Gasteiger charge is -2.12. The maximum absolute atomic E-state index is 12.3. The lowest BCUT2D eigenvalue weighted by atomic mass is 10.2. The van der Waals surface area contributed by atoms with Gasteiger partial charge in [0.05, 0.1) is 23.8 Å². The minimum Gasteiger partial charge on any atom is -0.489 e. The minimum absolute atomic E-state index is 0.252. The lowest BCUT2D eigenvalue weighted by Crippen LogP contribution is -2.41. The number of amides is 2. The molecular weight excluding hydrogens is 412 g/mol. The summed E-state index contributed by atoms with van der Waals surface area (Å²) in [4.78, 5) is 24.4. The minimum atomic E-state index is -0.516. The molecule has 0 atom stereocenters. The molecule has 2 aromatic rings. The number of hydrazine groups is 1. The Hall–Kier alpha value is -2.25. The summed E-state index contributed by atoms with van der Waals surface area (Å²) in [7, 11) is 0. The SMILES string of the molecule is O=C(NNC(=O)c1ccccc1Br)c1cc(Cl)c2c(c1)OCCCO2. The first-order chi connectivity index (χ1) is 12.1. The van der Waals surface area contributed by atoms with Crippen molar-refractivity contribution in [3.63, 3.8) is 0 Å². The highest BCUT2D eigenvalue weighted by Crippen LogP contribution is 2.37. The van der Waals surface area contributed by atoms with Crippen molar-refractivity contribution >= 4 is 39.3 Å². The van der Waals surface area contributed by atoms with Crippen molar-refractivity contribution in [3.8, 4) is 11.5 Å². The summed E-state index contributed by atoms with van der Waals surface area (Å²) in [5, 5.41) is 0.279. The van der Waals surface area contributed by atoms with Crippen LogP contribution in [0.2, 0.25) is 5.02 Å². The molecule has 2 amide bonds. The molecule has 1 heterocycles. The molecule has 0 fully saturated rings. The Balaban J connectivity index is 1.71. The van der Waals surface area contributed by atoms with Crippen LogP contribution in [0.15, 0.2) is 40.9 Å². The van der Waals surface area contributed by atoms with Gasteiger partial charge in [-0.2, -0.15) is 0 Å². The molecule has 6 nitrogen and oxygen atoms in total. The molecular formula is C17H14BrClN2O4. The van der Waals surface area contributed by atoms with Crippen molar-refractivity contribution in [2.24, 2.45) is 0 Å². The number of hydrogen-bond acceptors (Lipinski definition) is 4. The number of carbonyl (C=O) groups is 2. The largest absolute Gasteiger partial charge is 0.489 e. The van der Waals surface area contributed by atoms with Crippen molar-refractivity contribution in [2.75, 3.05) is 13.2 Å². The Morgan fingerprint density at radius 1 is 1.04 bits per heavy atom. The third-order valence-electron chi connectivity index (χ3n) is 3.47. The summed E-state index contributed by atoms with van der Waals surface area (Å²) < 4.78 is 11.7. The van der Waals surface area contributed by atoms with E-state index in [4.69, 9.17) is 21.1 Å². The van der Waals surface area contributed by atoms with Gasteiger partial charge in [-0.3, -0.25) is 20.4 Å². The molecule has 0 bridgehead atoms. The fraction of sp³-hybridized carbons (Fsp3) is 0.176. The van der Waals surface area contributed by atoms with Crippen LogP contribution in [-0.4, -0.2) is 25.0 Å². The average molecular weight is 426 g/mol. The third-order valence-corrected chi connectivity index (χ3v) is 4.44. The highest BCUT2D eigenvalue weighted by Gasteiger charge is 2.19. The number of rotatable bonds is 2. The zero-order valence-electron chi connectivity index (χ0n) is 13.0. The molecule has 1 aliphatic rings. The molecule has 0 unspecified atom stereocenters. The van der Waals surface area contributed by atoms with Gasteiger partial charge in [0.15, 0.2) is 11.5 Å². The van der Waals surface area contributed by atoms with E-state index in [0.717, 1.165) is 6.42 Å².